The van der Waals surface area contributed by atoms with Crippen LogP contribution in [0.1, 0.15) is 32.6 Å². The summed E-state index contributed by atoms with van der Waals surface area (Å²) in [6, 6.07) is 10.4. The predicted molar refractivity (Wildman–Crippen MR) is 159 cm³/mol. The number of thiocarbonyl (C=S) groups is 1. The van der Waals surface area contributed by atoms with E-state index in [-0.39, 0.29) is 16.8 Å². The van der Waals surface area contributed by atoms with Gasteiger partial charge in [0.05, 0.1) is 6.61 Å². The Kier molecular flexibility index (Phi) is 9.22. The maximum absolute atomic E-state index is 13.1. The van der Waals surface area contributed by atoms with E-state index in [1.165, 1.54) is 29.2 Å². The first kappa shape index (κ1) is 30.3. The number of benzene rings is 1. The topological polar surface area (TPSA) is 127 Å². The SMILES string of the molecule is CC(C)(C)[Si](C)(C)OC[C@H]1O[C@@H](n2ccc(=O)[nH]c2=O)[C@H](OC(=O)/C=C/c2ccccc2)[C@@H]1OC(=S)n1ccnc1. The number of rotatable bonds is 8. The molecule has 3 aromatic rings. The van der Waals surface area contributed by atoms with Crippen molar-refractivity contribution >= 4 is 37.8 Å². The molecule has 2 aromatic heterocycles. The Labute approximate surface area is 243 Å². The van der Waals surface area contributed by atoms with Gasteiger partial charge in [-0.25, -0.2) is 14.6 Å². The number of aromatic nitrogens is 4. The van der Waals surface area contributed by atoms with Crippen molar-refractivity contribution in [3.63, 3.8) is 0 Å². The number of aromatic amines is 1. The fraction of sp³-hybridized carbons (Fsp3) is 0.393. The lowest BCUT2D eigenvalue weighted by Gasteiger charge is -2.37. The number of carbonyl (C=O) groups is 1. The van der Waals surface area contributed by atoms with Crippen LogP contribution in [0.4, 0.5) is 0 Å². The molecule has 1 aliphatic rings. The second-order valence-corrected chi connectivity index (χ2v) is 16.3. The largest absolute Gasteiger partial charge is 0.460 e. The zero-order valence-electron chi connectivity index (χ0n) is 23.6. The van der Waals surface area contributed by atoms with Crippen molar-refractivity contribution in [2.24, 2.45) is 0 Å². The smallest absolute Gasteiger partial charge is 0.331 e. The first-order valence-electron chi connectivity index (χ1n) is 13.1. The van der Waals surface area contributed by atoms with Gasteiger partial charge in [0, 0.05) is 30.7 Å². The van der Waals surface area contributed by atoms with Crippen molar-refractivity contribution in [3.05, 3.63) is 93.8 Å². The summed E-state index contributed by atoms with van der Waals surface area (Å²) in [5.41, 5.74) is -0.504. The average molecular weight is 599 g/mol. The molecule has 218 valence electrons. The average Bonchev–Trinajstić information content (AvgIpc) is 3.56. The number of esters is 1. The lowest BCUT2D eigenvalue weighted by molar-refractivity contribution is -0.152. The van der Waals surface area contributed by atoms with Gasteiger partial charge in [0.2, 0.25) is 0 Å². The lowest BCUT2D eigenvalue weighted by Crippen LogP contribution is -2.46. The van der Waals surface area contributed by atoms with Crippen LogP contribution >= 0.6 is 12.2 Å². The van der Waals surface area contributed by atoms with Crippen LogP contribution in [0.3, 0.4) is 0 Å². The molecule has 1 fully saturated rings. The summed E-state index contributed by atoms with van der Waals surface area (Å²) in [7, 11) is -2.24. The van der Waals surface area contributed by atoms with Crippen molar-refractivity contribution in [2.45, 2.75) is 63.4 Å². The minimum Gasteiger partial charge on any atom is -0.460 e. The summed E-state index contributed by atoms with van der Waals surface area (Å²) in [4.78, 5) is 43.9. The van der Waals surface area contributed by atoms with Crippen molar-refractivity contribution in [2.75, 3.05) is 6.61 Å². The van der Waals surface area contributed by atoms with Gasteiger partial charge >= 0.3 is 11.7 Å². The Morgan fingerprint density at radius 3 is 2.49 bits per heavy atom. The molecule has 13 heteroatoms. The maximum atomic E-state index is 13.1. The number of nitrogens with one attached hydrogen (secondary N) is 1. The van der Waals surface area contributed by atoms with Crippen LogP contribution in [0.15, 0.2) is 77.0 Å². The van der Waals surface area contributed by atoms with Crippen LogP contribution in [-0.4, -0.2) is 63.5 Å². The predicted octanol–water partition coefficient (Wildman–Crippen LogP) is 3.50. The number of hydrogen-bond acceptors (Lipinski definition) is 9. The molecule has 0 unspecified atom stereocenters. The molecule has 1 aliphatic heterocycles. The molecule has 11 nitrogen and oxygen atoms in total. The van der Waals surface area contributed by atoms with Gasteiger partial charge in [0.25, 0.3) is 10.7 Å². The van der Waals surface area contributed by atoms with Crippen molar-refractivity contribution in [3.8, 4) is 0 Å². The third-order valence-corrected chi connectivity index (χ3v) is 12.0. The summed E-state index contributed by atoms with van der Waals surface area (Å²) in [6.45, 7) is 10.6. The van der Waals surface area contributed by atoms with E-state index in [1.807, 2.05) is 30.3 Å². The fourth-order valence-corrected chi connectivity index (χ4v) is 5.15. The highest BCUT2D eigenvalue weighted by atomic mass is 32.1. The second kappa shape index (κ2) is 12.5. The molecule has 1 N–H and O–H groups in total. The summed E-state index contributed by atoms with van der Waals surface area (Å²) < 4.78 is 27.5. The molecule has 4 rings (SSSR count). The molecule has 1 aromatic carbocycles. The molecule has 1 saturated heterocycles. The van der Waals surface area contributed by atoms with Gasteiger partial charge in [-0.2, -0.15) is 0 Å². The Bertz CT molecular complexity index is 1500. The van der Waals surface area contributed by atoms with Crippen LogP contribution < -0.4 is 11.2 Å². The third kappa shape index (κ3) is 7.36. The van der Waals surface area contributed by atoms with E-state index in [0.717, 1.165) is 10.1 Å². The Morgan fingerprint density at radius 2 is 1.85 bits per heavy atom. The number of ether oxygens (including phenoxy) is 3. The minimum atomic E-state index is -2.24. The Balaban J connectivity index is 1.69. The Hall–Kier alpha value is -3.65. The summed E-state index contributed by atoms with van der Waals surface area (Å²) >= 11 is 5.50. The quantitative estimate of drug-likeness (QED) is 0.179. The van der Waals surface area contributed by atoms with Crippen LogP contribution in [-0.2, 0) is 23.4 Å². The highest BCUT2D eigenvalue weighted by Gasteiger charge is 2.51. The standard InChI is InChI=1S/C28H34N4O7SSi/c1-28(2,3)41(4,5)36-17-20-23(39-27(40)31-16-14-29-18-31)24(25(37-20)32-15-13-21(33)30-26(32)35)38-22(34)12-11-19-9-7-6-8-10-19/h6-16,18,20,23-25H,17H2,1-5H3,(H,30,33,35)/b12-11+/t20-,23-,24-,25-/m1/s1. The second-order valence-electron chi connectivity index (χ2n) is 11.1. The van der Waals surface area contributed by atoms with Crippen LogP contribution in [0.5, 0.6) is 0 Å². The molecule has 0 amide bonds. The normalized spacial score (nSPS) is 21.2. The molecule has 4 atom stereocenters. The summed E-state index contributed by atoms with van der Waals surface area (Å²) in [5.74, 6) is -0.682. The highest BCUT2D eigenvalue weighted by Crippen LogP contribution is 2.39. The molecule has 41 heavy (non-hydrogen) atoms. The molecular formula is C28H34N4O7SSi. The van der Waals surface area contributed by atoms with E-state index in [0.29, 0.717) is 0 Å². The summed E-state index contributed by atoms with van der Waals surface area (Å²) in [6.07, 6.45) is 4.80. The van der Waals surface area contributed by atoms with Crippen molar-refractivity contribution in [1.82, 2.24) is 19.1 Å². The number of carbonyl (C=O) groups excluding carboxylic acids is 1. The molecule has 3 heterocycles. The number of nitrogens with zero attached hydrogens (tertiary/aromatic N) is 3. The van der Waals surface area contributed by atoms with E-state index >= 15 is 0 Å². The van der Waals surface area contributed by atoms with Gasteiger partial charge in [-0.15, -0.1) is 0 Å². The zero-order chi connectivity index (χ0) is 29.8. The zero-order valence-corrected chi connectivity index (χ0v) is 25.4. The van der Waals surface area contributed by atoms with Crippen LogP contribution in [0, 0.1) is 0 Å². The first-order chi connectivity index (χ1) is 19.4. The van der Waals surface area contributed by atoms with E-state index in [4.69, 9.17) is 30.9 Å². The Morgan fingerprint density at radius 1 is 1.12 bits per heavy atom. The molecule has 0 radical (unpaired) electrons. The highest BCUT2D eigenvalue weighted by molar-refractivity contribution is 7.80. The number of hydrogen-bond donors (Lipinski definition) is 1. The molecule has 0 saturated carbocycles. The van der Waals surface area contributed by atoms with E-state index in [9.17, 15) is 14.4 Å². The summed E-state index contributed by atoms with van der Waals surface area (Å²) in [5, 5.41) is -0.0407. The third-order valence-electron chi connectivity index (χ3n) is 7.24. The first-order valence-corrected chi connectivity index (χ1v) is 16.4. The number of H-pyrrole nitrogens is 1. The van der Waals surface area contributed by atoms with Crippen molar-refractivity contribution in [1.29, 1.82) is 0 Å². The monoisotopic (exact) mass is 598 g/mol. The molecule has 0 spiro atoms. The molecule has 0 aliphatic carbocycles. The van der Waals surface area contributed by atoms with Gasteiger partial charge in [0.15, 0.2) is 26.8 Å². The van der Waals surface area contributed by atoms with E-state index < -0.39 is 50.1 Å². The fourth-order valence-electron chi connectivity index (χ4n) is 3.91. The van der Waals surface area contributed by atoms with Gasteiger partial charge in [-0.1, -0.05) is 51.1 Å². The van der Waals surface area contributed by atoms with Crippen molar-refractivity contribution < 1.29 is 23.4 Å². The van der Waals surface area contributed by atoms with Crippen LogP contribution in [0.2, 0.25) is 18.1 Å². The number of imidazole rings is 1. The van der Waals surface area contributed by atoms with E-state index in [1.54, 1.807) is 18.5 Å². The molecular weight excluding hydrogens is 564 g/mol. The van der Waals surface area contributed by atoms with Crippen LogP contribution in [0.25, 0.3) is 6.08 Å². The van der Waals surface area contributed by atoms with E-state index in [2.05, 4.69) is 43.8 Å². The van der Waals surface area contributed by atoms with Gasteiger partial charge in [-0.05, 0) is 42.0 Å². The van der Waals surface area contributed by atoms with Gasteiger partial charge in [0.1, 0.15) is 12.4 Å². The van der Waals surface area contributed by atoms with Gasteiger partial charge < -0.3 is 18.6 Å². The lowest BCUT2D eigenvalue weighted by atomic mass is 10.1. The minimum absolute atomic E-state index is 0.0452. The van der Waals surface area contributed by atoms with Gasteiger partial charge in [-0.3, -0.25) is 18.9 Å². The maximum Gasteiger partial charge on any atom is 0.331 e. The molecule has 0 bridgehead atoms.